The lowest BCUT2D eigenvalue weighted by Gasteiger charge is -2.19. The molecule has 0 aliphatic rings. The lowest BCUT2D eigenvalue weighted by atomic mass is 10.0. The molecule has 102 valence electrons. The van der Waals surface area contributed by atoms with Crippen molar-refractivity contribution >= 4 is 15.9 Å². The van der Waals surface area contributed by atoms with Crippen molar-refractivity contribution in [2.75, 3.05) is 6.54 Å². The van der Waals surface area contributed by atoms with E-state index < -0.39 is 0 Å². The Bertz CT molecular complexity index is 533. The standard InChI is InChI=1S/C15H17BrFNO/c1-3-9-18-15(13-8-7-10(2)19-13)14-11(16)5-4-6-12(14)17/h4-8,15,18H,3,9H2,1-2H3. The van der Waals surface area contributed by atoms with Crippen LogP contribution in [0.15, 0.2) is 39.2 Å². The first kappa shape index (κ1) is 14.3. The van der Waals surface area contributed by atoms with Crippen LogP contribution < -0.4 is 5.32 Å². The minimum Gasteiger partial charge on any atom is -0.464 e. The Morgan fingerprint density at radius 3 is 2.68 bits per heavy atom. The van der Waals surface area contributed by atoms with Gasteiger partial charge in [-0.1, -0.05) is 28.9 Å². The van der Waals surface area contributed by atoms with Gasteiger partial charge in [-0.2, -0.15) is 0 Å². The second kappa shape index (κ2) is 6.35. The lowest BCUT2D eigenvalue weighted by molar-refractivity contribution is 0.421. The summed E-state index contributed by atoms with van der Waals surface area (Å²) in [5.41, 5.74) is 0.588. The predicted molar refractivity (Wildman–Crippen MR) is 77.7 cm³/mol. The van der Waals surface area contributed by atoms with Crippen molar-refractivity contribution in [1.82, 2.24) is 5.32 Å². The summed E-state index contributed by atoms with van der Waals surface area (Å²) in [6.45, 7) is 4.76. The minimum absolute atomic E-state index is 0.239. The van der Waals surface area contributed by atoms with Gasteiger partial charge in [0.15, 0.2) is 0 Å². The minimum atomic E-state index is -0.274. The van der Waals surface area contributed by atoms with Crippen LogP contribution in [0.4, 0.5) is 4.39 Å². The molecular formula is C15H17BrFNO. The summed E-state index contributed by atoms with van der Waals surface area (Å²) in [5.74, 6) is 1.32. The SMILES string of the molecule is CCCNC(c1ccc(C)o1)c1c(F)cccc1Br. The van der Waals surface area contributed by atoms with Gasteiger partial charge in [0.2, 0.25) is 0 Å². The van der Waals surface area contributed by atoms with E-state index >= 15 is 0 Å². The van der Waals surface area contributed by atoms with Gasteiger partial charge in [0, 0.05) is 10.0 Å². The first-order valence-corrected chi connectivity index (χ1v) is 7.16. The Labute approximate surface area is 121 Å². The molecule has 2 nitrogen and oxygen atoms in total. The summed E-state index contributed by atoms with van der Waals surface area (Å²) in [6.07, 6.45) is 0.974. The van der Waals surface area contributed by atoms with E-state index in [1.165, 1.54) is 6.07 Å². The molecule has 1 N–H and O–H groups in total. The average Bonchev–Trinajstić information content (AvgIpc) is 2.79. The van der Waals surface area contributed by atoms with Gasteiger partial charge in [-0.15, -0.1) is 0 Å². The summed E-state index contributed by atoms with van der Waals surface area (Å²) in [4.78, 5) is 0. The van der Waals surface area contributed by atoms with E-state index in [1.54, 1.807) is 6.07 Å². The molecule has 0 fully saturated rings. The van der Waals surface area contributed by atoms with E-state index in [9.17, 15) is 4.39 Å². The van der Waals surface area contributed by atoms with Gasteiger partial charge < -0.3 is 9.73 Å². The number of benzene rings is 1. The Morgan fingerprint density at radius 2 is 2.11 bits per heavy atom. The molecule has 0 amide bonds. The maximum atomic E-state index is 14.1. The number of rotatable bonds is 5. The van der Waals surface area contributed by atoms with Gasteiger partial charge in [0.05, 0.1) is 6.04 Å². The second-order valence-corrected chi connectivity index (χ2v) is 5.33. The number of nitrogens with one attached hydrogen (secondary N) is 1. The largest absolute Gasteiger partial charge is 0.464 e. The van der Waals surface area contributed by atoms with Crippen LogP contribution in [0.25, 0.3) is 0 Å². The third-order valence-corrected chi connectivity index (χ3v) is 3.62. The van der Waals surface area contributed by atoms with E-state index in [4.69, 9.17) is 4.42 Å². The molecule has 2 rings (SSSR count). The van der Waals surface area contributed by atoms with Crippen LogP contribution >= 0.6 is 15.9 Å². The Kier molecular flexibility index (Phi) is 4.77. The molecule has 1 atom stereocenters. The van der Waals surface area contributed by atoms with Crippen LogP contribution in [0.1, 0.15) is 36.5 Å². The lowest BCUT2D eigenvalue weighted by Crippen LogP contribution is -2.24. The molecule has 1 aromatic carbocycles. The van der Waals surface area contributed by atoms with E-state index in [-0.39, 0.29) is 11.9 Å². The Morgan fingerprint density at radius 1 is 1.32 bits per heavy atom. The van der Waals surface area contributed by atoms with Gasteiger partial charge in [-0.25, -0.2) is 4.39 Å². The molecule has 19 heavy (non-hydrogen) atoms. The number of hydrogen-bond donors (Lipinski definition) is 1. The molecule has 2 aromatic rings. The number of furan rings is 1. The van der Waals surface area contributed by atoms with Gasteiger partial charge in [0.1, 0.15) is 17.3 Å². The van der Waals surface area contributed by atoms with Crippen LogP contribution in [0.2, 0.25) is 0 Å². The van der Waals surface area contributed by atoms with E-state index in [1.807, 2.05) is 25.1 Å². The third kappa shape index (κ3) is 3.25. The van der Waals surface area contributed by atoms with Crippen LogP contribution in [0, 0.1) is 12.7 Å². The fourth-order valence-electron chi connectivity index (χ4n) is 2.03. The topological polar surface area (TPSA) is 25.2 Å². The summed E-state index contributed by atoms with van der Waals surface area (Å²) in [5, 5.41) is 3.33. The zero-order valence-corrected chi connectivity index (χ0v) is 12.6. The van der Waals surface area contributed by atoms with Gasteiger partial charge in [-0.3, -0.25) is 0 Å². The van der Waals surface area contributed by atoms with Crippen molar-refractivity contribution in [3.8, 4) is 0 Å². The molecule has 0 spiro atoms. The highest BCUT2D eigenvalue weighted by molar-refractivity contribution is 9.10. The summed E-state index contributed by atoms with van der Waals surface area (Å²) >= 11 is 3.42. The summed E-state index contributed by atoms with van der Waals surface area (Å²) in [6, 6.07) is 8.51. The highest BCUT2D eigenvalue weighted by Crippen LogP contribution is 2.31. The fraction of sp³-hybridized carbons (Fsp3) is 0.333. The molecule has 0 aliphatic carbocycles. The van der Waals surface area contributed by atoms with Gasteiger partial charge >= 0.3 is 0 Å². The van der Waals surface area contributed by atoms with Crippen molar-refractivity contribution < 1.29 is 8.81 Å². The van der Waals surface area contributed by atoms with Crippen LogP contribution in [0.3, 0.4) is 0 Å². The molecule has 1 unspecified atom stereocenters. The van der Waals surface area contributed by atoms with E-state index in [2.05, 4.69) is 28.2 Å². The maximum Gasteiger partial charge on any atom is 0.129 e. The molecular weight excluding hydrogens is 309 g/mol. The normalized spacial score (nSPS) is 12.6. The van der Waals surface area contributed by atoms with Gasteiger partial charge in [-0.05, 0) is 44.2 Å². The molecule has 1 heterocycles. The third-order valence-electron chi connectivity index (χ3n) is 2.93. The second-order valence-electron chi connectivity index (χ2n) is 4.47. The van der Waals surface area contributed by atoms with Crippen molar-refractivity contribution in [2.24, 2.45) is 0 Å². The number of aryl methyl sites for hydroxylation is 1. The summed E-state index contributed by atoms with van der Waals surface area (Å²) in [7, 11) is 0. The van der Waals surface area contributed by atoms with Crippen molar-refractivity contribution in [1.29, 1.82) is 0 Å². The van der Waals surface area contributed by atoms with E-state index in [0.717, 1.165) is 29.0 Å². The quantitative estimate of drug-likeness (QED) is 0.870. The highest BCUT2D eigenvalue weighted by Gasteiger charge is 2.22. The zero-order valence-electron chi connectivity index (χ0n) is 11.0. The molecule has 0 aliphatic heterocycles. The predicted octanol–water partition coefficient (Wildman–Crippen LogP) is 4.58. The first-order chi connectivity index (χ1) is 9.13. The zero-order chi connectivity index (χ0) is 13.8. The van der Waals surface area contributed by atoms with Crippen molar-refractivity contribution in [2.45, 2.75) is 26.3 Å². The number of hydrogen-bond acceptors (Lipinski definition) is 2. The first-order valence-electron chi connectivity index (χ1n) is 6.37. The highest BCUT2D eigenvalue weighted by atomic mass is 79.9. The summed E-state index contributed by atoms with van der Waals surface area (Å²) < 4.78 is 20.5. The molecule has 1 aromatic heterocycles. The number of halogens is 2. The molecule has 0 bridgehead atoms. The van der Waals surface area contributed by atoms with Crippen molar-refractivity contribution in [3.05, 3.63) is 57.7 Å². The van der Waals surface area contributed by atoms with Gasteiger partial charge in [0.25, 0.3) is 0 Å². The molecule has 0 radical (unpaired) electrons. The molecule has 4 heteroatoms. The van der Waals surface area contributed by atoms with Crippen LogP contribution in [0.5, 0.6) is 0 Å². The fourth-order valence-corrected chi connectivity index (χ4v) is 2.60. The Hall–Kier alpha value is -1.13. The monoisotopic (exact) mass is 325 g/mol. The molecule has 0 saturated carbocycles. The van der Waals surface area contributed by atoms with E-state index in [0.29, 0.717) is 5.56 Å². The molecule has 0 saturated heterocycles. The van der Waals surface area contributed by atoms with Crippen molar-refractivity contribution in [3.63, 3.8) is 0 Å². The smallest absolute Gasteiger partial charge is 0.129 e. The maximum absolute atomic E-state index is 14.1. The van der Waals surface area contributed by atoms with Crippen LogP contribution in [-0.2, 0) is 0 Å². The average molecular weight is 326 g/mol. The Balaban J connectivity index is 2.42. The van der Waals surface area contributed by atoms with Crippen LogP contribution in [-0.4, -0.2) is 6.54 Å².